The van der Waals surface area contributed by atoms with E-state index in [1.165, 1.54) is 11.3 Å². The molecule has 0 saturated heterocycles. The molecule has 0 bridgehead atoms. The minimum absolute atomic E-state index is 0.159. The number of nitrogens with one attached hydrogen (secondary N) is 1. The van der Waals surface area contributed by atoms with E-state index in [4.69, 9.17) is 9.47 Å². The van der Waals surface area contributed by atoms with Gasteiger partial charge in [0.15, 0.2) is 0 Å². The number of anilines is 1. The number of carbonyl (C=O) groups is 1. The summed E-state index contributed by atoms with van der Waals surface area (Å²) in [5.41, 5.74) is 5.51. The number of aromatic nitrogens is 1. The van der Waals surface area contributed by atoms with Gasteiger partial charge in [0, 0.05) is 10.9 Å². The van der Waals surface area contributed by atoms with Gasteiger partial charge in [-0.1, -0.05) is 42.5 Å². The van der Waals surface area contributed by atoms with Gasteiger partial charge in [-0.05, 0) is 24.6 Å². The summed E-state index contributed by atoms with van der Waals surface area (Å²) in [4.78, 5) is 15.8. The molecule has 0 fully saturated rings. The van der Waals surface area contributed by atoms with Gasteiger partial charge in [0.1, 0.15) is 12.4 Å². The number of esters is 1. The summed E-state index contributed by atoms with van der Waals surface area (Å²) in [6.07, 6.45) is 1.85. The lowest BCUT2D eigenvalue weighted by Gasteiger charge is -2.08. The number of hydrazone groups is 1. The van der Waals surface area contributed by atoms with E-state index in [1.54, 1.807) is 13.1 Å². The van der Waals surface area contributed by atoms with Crippen molar-refractivity contribution in [3.05, 3.63) is 76.8 Å². The summed E-state index contributed by atoms with van der Waals surface area (Å²) in [6, 6.07) is 17.7. The van der Waals surface area contributed by atoms with Gasteiger partial charge in [-0.3, -0.25) is 10.2 Å². The number of nitrogens with zero attached hydrogens (tertiary/aromatic N) is 2. The van der Waals surface area contributed by atoms with E-state index >= 15 is 0 Å². The number of thiazole rings is 1. The summed E-state index contributed by atoms with van der Waals surface area (Å²) in [5.74, 6) is 0.464. The Morgan fingerprint density at radius 2 is 1.96 bits per heavy atom. The molecule has 0 amide bonds. The molecule has 0 aliphatic heterocycles. The molecular formula is C21H21N3O3S. The van der Waals surface area contributed by atoms with Crippen LogP contribution in [0.2, 0.25) is 0 Å². The highest BCUT2D eigenvalue weighted by atomic mass is 32.1. The predicted molar refractivity (Wildman–Crippen MR) is 111 cm³/mol. The number of hydrogen-bond donors (Lipinski definition) is 1. The van der Waals surface area contributed by atoms with Gasteiger partial charge in [-0.15, -0.1) is 11.3 Å². The minimum atomic E-state index is -0.285. The monoisotopic (exact) mass is 395 g/mol. The molecule has 6 nitrogen and oxygen atoms in total. The van der Waals surface area contributed by atoms with Crippen LogP contribution >= 0.6 is 11.3 Å². The molecule has 0 saturated carbocycles. The topological polar surface area (TPSA) is 72.8 Å². The van der Waals surface area contributed by atoms with Crippen LogP contribution < -0.4 is 10.2 Å². The van der Waals surface area contributed by atoms with Crippen LogP contribution in [-0.4, -0.2) is 23.8 Å². The van der Waals surface area contributed by atoms with Gasteiger partial charge in [0.25, 0.3) is 0 Å². The molecule has 0 aliphatic carbocycles. The zero-order valence-corrected chi connectivity index (χ0v) is 16.3. The first-order valence-corrected chi connectivity index (χ1v) is 9.77. The lowest BCUT2D eigenvalue weighted by Crippen LogP contribution is -2.07. The van der Waals surface area contributed by atoms with E-state index < -0.39 is 0 Å². The van der Waals surface area contributed by atoms with E-state index in [-0.39, 0.29) is 12.4 Å². The van der Waals surface area contributed by atoms with Crippen LogP contribution in [0.3, 0.4) is 0 Å². The summed E-state index contributed by atoms with van der Waals surface area (Å²) in [5, 5.41) is 6.65. The van der Waals surface area contributed by atoms with Crippen LogP contribution in [0.4, 0.5) is 5.13 Å². The highest BCUT2D eigenvalue weighted by molar-refractivity contribution is 7.13. The van der Waals surface area contributed by atoms with Crippen molar-refractivity contribution in [1.82, 2.24) is 4.98 Å². The van der Waals surface area contributed by atoms with E-state index in [2.05, 4.69) is 15.5 Å². The van der Waals surface area contributed by atoms with Crippen molar-refractivity contribution in [1.29, 1.82) is 0 Å². The van der Waals surface area contributed by atoms with Crippen molar-refractivity contribution in [2.75, 3.05) is 12.0 Å². The zero-order valence-electron chi connectivity index (χ0n) is 15.5. The Hall–Kier alpha value is -3.19. The molecule has 144 valence electrons. The summed E-state index contributed by atoms with van der Waals surface area (Å²) in [6.45, 7) is 2.63. The molecule has 2 aromatic carbocycles. The van der Waals surface area contributed by atoms with Crippen molar-refractivity contribution in [2.24, 2.45) is 5.10 Å². The Morgan fingerprint density at radius 1 is 1.18 bits per heavy atom. The number of hydrogen-bond acceptors (Lipinski definition) is 7. The van der Waals surface area contributed by atoms with E-state index in [0.29, 0.717) is 24.0 Å². The smallest absolute Gasteiger partial charge is 0.311 e. The maximum absolute atomic E-state index is 11.5. The van der Waals surface area contributed by atoms with Gasteiger partial charge in [-0.25, -0.2) is 4.98 Å². The second-order valence-corrected chi connectivity index (χ2v) is 6.67. The Bertz CT molecular complexity index is 925. The third-order valence-electron chi connectivity index (χ3n) is 3.70. The zero-order chi connectivity index (χ0) is 19.6. The molecule has 1 heterocycles. The summed E-state index contributed by atoms with van der Waals surface area (Å²) < 4.78 is 10.8. The molecule has 0 atom stereocenters. The van der Waals surface area contributed by atoms with Crippen LogP contribution in [-0.2, 0) is 22.6 Å². The van der Waals surface area contributed by atoms with Crippen molar-refractivity contribution in [2.45, 2.75) is 20.0 Å². The Balaban J connectivity index is 1.57. The first-order chi connectivity index (χ1) is 13.7. The second-order valence-electron chi connectivity index (χ2n) is 5.81. The van der Waals surface area contributed by atoms with E-state index in [9.17, 15) is 4.79 Å². The van der Waals surface area contributed by atoms with Crippen LogP contribution in [0.5, 0.6) is 5.75 Å². The molecule has 0 spiro atoms. The van der Waals surface area contributed by atoms with Crippen LogP contribution in [0.1, 0.15) is 23.7 Å². The Kier molecular flexibility index (Phi) is 7.14. The number of benzene rings is 2. The summed E-state index contributed by atoms with van der Waals surface area (Å²) in [7, 11) is 0. The predicted octanol–water partition coefficient (Wildman–Crippen LogP) is 4.27. The van der Waals surface area contributed by atoms with Gasteiger partial charge >= 0.3 is 5.97 Å². The third-order valence-corrected chi connectivity index (χ3v) is 4.50. The minimum Gasteiger partial charge on any atom is -0.488 e. The van der Waals surface area contributed by atoms with E-state index in [0.717, 1.165) is 16.9 Å². The lowest BCUT2D eigenvalue weighted by atomic mass is 10.2. The third kappa shape index (κ3) is 5.92. The van der Waals surface area contributed by atoms with Crippen molar-refractivity contribution in [3.63, 3.8) is 0 Å². The molecule has 0 aliphatic rings. The fourth-order valence-corrected chi connectivity index (χ4v) is 3.07. The normalized spacial score (nSPS) is 10.8. The molecule has 28 heavy (non-hydrogen) atoms. The SMILES string of the molecule is CCOC(=O)Cc1csc(NN=Cc2ccccc2OCc2ccccc2)n1. The van der Waals surface area contributed by atoms with Crippen molar-refractivity contribution in [3.8, 4) is 5.75 Å². The Morgan fingerprint density at radius 3 is 2.79 bits per heavy atom. The van der Waals surface area contributed by atoms with Gasteiger partial charge in [-0.2, -0.15) is 5.10 Å². The lowest BCUT2D eigenvalue weighted by molar-refractivity contribution is -0.142. The number of ether oxygens (including phenoxy) is 2. The Labute approximate surface area is 167 Å². The molecule has 7 heteroatoms. The number of carbonyl (C=O) groups excluding carboxylic acids is 1. The maximum atomic E-state index is 11.5. The molecule has 0 radical (unpaired) electrons. The molecule has 3 aromatic rings. The van der Waals surface area contributed by atoms with Crippen LogP contribution in [0, 0.1) is 0 Å². The number of para-hydroxylation sites is 1. The highest BCUT2D eigenvalue weighted by Gasteiger charge is 2.08. The van der Waals surface area contributed by atoms with Gasteiger partial charge in [0.05, 0.1) is 24.9 Å². The molecular weight excluding hydrogens is 374 g/mol. The van der Waals surface area contributed by atoms with Crippen LogP contribution in [0.15, 0.2) is 65.1 Å². The first kappa shape index (κ1) is 19.6. The maximum Gasteiger partial charge on any atom is 0.311 e. The summed E-state index contributed by atoms with van der Waals surface area (Å²) >= 11 is 1.38. The fourth-order valence-electron chi connectivity index (χ4n) is 2.41. The standard InChI is InChI=1S/C21H21N3O3S/c1-2-26-20(25)12-18-15-28-21(23-18)24-22-13-17-10-6-7-11-19(17)27-14-16-8-4-3-5-9-16/h3-11,13,15H,2,12,14H2,1H3,(H,23,24). The fraction of sp³-hybridized carbons (Fsp3) is 0.190. The quantitative estimate of drug-likeness (QED) is 0.333. The second kappa shape index (κ2) is 10.2. The molecule has 0 unspecified atom stereocenters. The molecule has 1 aromatic heterocycles. The average Bonchev–Trinajstić information content (AvgIpc) is 3.15. The van der Waals surface area contributed by atoms with Crippen LogP contribution in [0.25, 0.3) is 0 Å². The van der Waals surface area contributed by atoms with Crippen molar-refractivity contribution >= 4 is 28.7 Å². The van der Waals surface area contributed by atoms with Crippen molar-refractivity contribution < 1.29 is 14.3 Å². The molecule has 1 N–H and O–H groups in total. The average molecular weight is 395 g/mol. The van der Waals surface area contributed by atoms with Gasteiger partial charge < -0.3 is 9.47 Å². The molecule has 3 rings (SSSR count). The highest BCUT2D eigenvalue weighted by Crippen LogP contribution is 2.19. The first-order valence-electron chi connectivity index (χ1n) is 8.89. The number of rotatable bonds is 9. The van der Waals surface area contributed by atoms with E-state index in [1.807, 2.05) is 60.0 Å². The van der Waals surface area contributed by atoms with Gasteiger partial charge in [0.2, 0.25) is 5.13 Å². The largest absolute Gasteiger partial charge is 0.488 e.